The number of thioether (sulfide) groups is 1. The normalized spacial score (nSPS) is 10.6. The third kappa shape index (κ3) is 4.58. The third-order valence-corrected chi connectivity index (χ3v) is 6.20. The van der Waals surface area contributed by atoms with Gasteiger partial charge in [0.05, 0.1) is 18.2 Å². The highest BCUT2D eigenvalue weighted by Crippen LogP contribution is 2.31. The molecule has 0 radical (unpaired) electrons. The largest absolute Gasteiger partial charge is 0.298 e. The van der Waals surface area contributed by atoms with Crippen LogP contribution in [0, 0.1) is 11.3 Å². The number of aromatic nitrogens is 3. The molecule has 0 atom stereocenters. The lowest BCUT2D eigenvalue weighted by Crippen LogP contribution is -2.04. The zero-order chi connectivity index (χ0) is 20.1. The fraction of sp³-hybridized carbons (Fsp3) is 0.0870. The summed E-state index contributed by atoms with van der Waals surface area (Å²) in [7, 11) is 0. The van der Waals surface area contributed by atoms with Crippen molar-refractivity contribution in [1.82, 2.24) is 14.8 Å². The van der Waals surface area contributed by atoms with E-state index in [1.807, 2.05) is 66.7 Å². The summed E-state index contributed by atoms with van der Waals surface area (Å²) >= 11 is 5.28. The van der Waals surface area contributed by atoms with E-state index >= 15 is 0 Å². The van der Waals surface area contributed by atoms with Crippen LogP contribution < -0.4 is 0 Å². The summed E-state index contributed by atoms with van der Waals surface area (Å²) in [5.41, 5.74) is 4.02. The van der Waals surface area contributed by atoms with Crippen LogP contribution in [0.4, 0.5) is 0 Å². The molecule has 142 valence electrons. The van der Waals surface area contributed by atoms with Gasteiger partial charge < -0.3 is 0 Å². The molecule has 0 amide bonds. The monoisotopic (exact) mass is 460 g/mol. The first-order valence-electron chi connectivity index (χ1n) is 9.08. The van der Waals surface area contributed by atoms with Crippen molar-refractivity contribution in [3.8, 4) is 17.5 Å². The molecule has 4 aromatic rings. The van der Waals surface area contributed by atoms with Crippen molar-refractivity contribution in [2.75, 3.05) is 0 Å². The summed E-state index contributed by atoms with van der Waals surface area (Å²) in [6, 6.07) is 28.2. The van der Waals surface area contributed by atoms with Crippen LogP contribution in [0.1, 0.15) is 16.7 Å². The molecule has 29 heavy (non-hydrogen) atoms. The third-order valence-electron chi connectivity index (χ3n) is 4.47. The Morgan fingerprint density at radius 1 is 0.862 bits per heavy atom. The molecule has 0 aliphatic heterocycles. The molecule has 0 bridgehead atoms. The summed E-state index contributed by atoms with van der Waals surface area (Å²) in [5.74, 6) is 1.60. The predicted molar refractivity (Wildman–Crippen MR) is 119 cm³/mol. The van der Waals surface area contributed by atoms with E-state index < -0.39 is 0 Å². The second kappa shape index (κ2) is 9.08. The van der Waals surface area contributed by atoms with Crippen LogP contribution in [0.25, 0.3) is 11.4 Å². The van der Waals surface area contributed by atoms with E-state index in [9.17, 15) is 0 Å². The van der Waals surface area contributed by atoms with E-state index in [2.05, 4.69) is 48.9 Å². The molecule has 4 rings (SSSR count). The Bertz CT molecular complexity index is 1150. The van der Waals surface area contributed by atoms with Crippen molar-refractivity contribution in [3.05, 3.63) is 100 Å². The zero-order valence-electron chi connectivity index (χ0n) is 15.5. The Kier molecular flexibility index (Phi) is 6.09. The van der Waals surface area contributed by atoms with Crippen LogP contribution in [0.5, 0.6) is 0 Å². The van der Waals surface area contributed by atoms with Crippen LogP contribution >= 0.6 is 27.7 Å². The van der Waals surface area contributed by atoms with Crippen molar-refractivity contribution < 1.29 is 0 Å². The highest BCUT2D eigenvalue weighted by molar-refractivity contribution is 9.10. The fourth-order valence-corrected chi connectivity index (χ4v) is 4.32. The van der Waals surface area contributed by atoms with Gasteiger partial charge in [0.2, 0.25) is 0 Å². The molecule has 0 aliphatic rings. The van der Waals surface area contributed by atoms with E-state index in [0.717, 1.165) is 32.3 Å². The van der Waals surface area contributed by atoms with Gasteiger partial charge in [0.15, 0.2) is 11.0 Å². The Balaban J connectivity index is 1.65. The summed E-state index contributed by atoms with van der Waals surface area (Å²) < 4.78 is 3.15. The molecule has 0 saturated heterocycles. The van der Waals surface area contributed by atoms with Crippen molar-refractivity contribution in [2.24, 2.45) is 0 Å². The van der Waals surface area contributed by atoms with Gasteiger partial charge >= 0.3 is 0 Å². The lowest BCUT2D eigenvalue weighted by atomic mass is 10.2. The molecule has 0 spiro atoms. The Morgan fingerprint density at radius 3 is 2.31 bits per heavy atom. The number of nitriles is 1. The van der Waals surface area contributed by atoms with Crippen LogP contribution in [0.15, 0.2) is 88.5 Å². The zero-order valence-corrected chi connectivity index (χ0v) is 17.9. The highest BCUT2D eigenvalue weighted by Gasteiger charge is 2.16. The van der Waals surface area contributed by atoms with Gasteiger partial charge in [0.25, 0.3) is 0 Å². The second-order valence-electron chi connectivity index (χ2n) is 6.46. The topological polar surface area (TPSA) is 54.5 Å². The van der Waals surface area contributed by atoms with Gasteiger partial charge in [-0.05, 0) is 29.3 Å². The van der Waals surface area contributed by atoms with Crippen molar-refractivity contribution in [3.63, 3.8) is 0 Å². The predicted octanol–water partition coefficient (Wildman–Crippen LogP) is 5.92. The summed E-state index contributed by atoms with van der Waals surface area (Å²) in [5, 5.41) is 18.8. The SMILES string of the molecule is N#Cc1ccc(CSc2nnc(-c3ccccc3Br)n2Cc2ccccc2)cc1. The van der Waals surface area contributed by atoms with Gasteiger partial charge in [-0.25, -0.2) is 0 Å². The lowest BCUT2D eigenvalue weighted by molar-refractivity contribution is 0.714. The van der Waals surface area contributed by atoms with Gasteiger partial charge in [-0.3, -0.25) is 4.57 Å². The van der Waals surface area contributed by atoms with Crippen molar-refractivity contribution in [1.29, 1.82) is 5.26 Å². The standard InChI is InChI=1S/C23H17BrN4S/c24-21-9-5-4-8-20(21)22-26-27-23(28(22)15-18-6-2-1-3-7-18)29-16-19-12-10-17(14-25)11-13-19/h1-13H,15-16H2. The number of halogens is 1. The molecule has 6 heteroatoms. The van der Waals surface area contributed by atoms with E-state index in [0.29, 0.717) is 12.1 Å². The molecule has 1 heterocycles. The maximum Gasteiger partial charge on any atom is 0.192 e. The quantitative estimate of drug-likeness (QED) is 0.335. The molecule has 0 fully saturated rings. The van der Waals surface area contributed by atoms with Crippen molar-refractivity contribution >= 4 is 27.7 Å². The van der Waals surface area contributed by atoms with E-state index in [4.69, 9.17) is 5.26 Å². The number of hydrogen-bond donors (Lipinski definition) is 0. The van der Waals surface area contributed by atoms with Gasteiger partial charge in [-0.1, -0.05) is 88.4 Å². The minimum atomic E-state index is 0.669. The number of benzene rings is 3. The van der Waals surface area contributed by atoms with Gasteiger partial charge in [-0.2, -0.15) is 5.26 Å². The van der Waals surface area contributed by atoms with Crippen LogP contribution in [-0.2, 0) is 12.3 Å². The average molecular weight is 461 g/mol. The van der Waals surface area contributed by atoms with E-state index in [1.165, 1.54) is 5.56 Å². The minimum Gasteiger partial charge on any atom is -0.298 e. The first-order valence-corrected chi connectivity index (χ1v) is 10.9. The first kappa shape index (κ1) is 19.4. The molecule has 3 aromatic carbocycles. The fourth-order valence-electron chi connectivity index (χ4n) is 2.97. The highest BCUT2D eigenvalue weighted by atomic mass is 79.9. The molecule has 0 N–H and O–H groups in total. The first-order chi connectivity index (χ1) is 14.2. The Hall–Kier alpha value is -2.88. The molecular formula is C23H17BrN4S. The molecule has 1 aromatic heterocycles. The van der Waals surface area contributed by atoms with Gasteiger partial charge in [0.1, 0.15) is 0 Å². The summed E-state index contributed by atoms with van der Waals surface area (Å²) in [6.07, 6.45) is 0. The maximum absolute atomic E-state index is 8.97. The second-order valence-corrected chi connectivity index (χ2v) is 8.25. The molecule has 0 unspecified atom stereocenters. The van der Waals surface area contributed by atoms with Crippen LogP contribution in [-0.4, -0.2) is 14.8 Å². The number of rotatable bonds is 6. The molecule has 0 aliphatic carbocycles. The summed E-state index contributed by atoms with van der Waals surface area (Å²) in [4.78, 5) is 0. The Labute approximate surface area is 182 Å². The van der Waals surface area contributed by atoms with Gasteiger partial charge in [-0.15, -0.1) is 10.2 Å². The molecule has 0 saturated carbocycles. The van der Waals surface area contributed by atoms with E-state index in [-0.39, 0.29) is 0 Å². The average Bonchev–Trinajstić information content (AvgIpc) is 3.16. The Morgan fingerprint density at radius 2 is 1.59 bits per heavy atom. The smallest absolute Gasteiger partial charge is 0.192 e. The van der Waals surface area contributed by atoms with E-state index in [1.54, 1.807) is 11.8 Å². The minimum absolute atomic E-state index is 0.669. The molecular weight excluding hydrogens is 444 g/mol. The van der Waals surface area contributed by atoms with Crippen LogP contribution in [0.2, 0.25) is 0 Å². The lowest BCUT2D eigenvalue weighted by Gasteiger charge is -2.11. The number of hydrogen-bond acceptors (Lipinski definition) is 4. The summed E-state index contributed by atoms with van der Waals surface area (Å²) in [6.45, 7) is 0.695. The maximum atomic E-state index is 8.97. The number of nitrogens with zero attached hydrogens (tertiary/aromatic N) is 4. The van der Waals surface area contributed by atoms with Crippen molar-refractivity contribution in [2.45, 2.75) is 17.5 Å². The van der Waals surface area contributed by atoms with Gasteiger partial charge in [0, 0.05) is 15.8 Å². The van der Waals surface area contributed by atoms with Crippen LogP contribution in [0.3, 0.4) is 0 Å². The molecule has 4 nitrogen and oxygen atoms in total.